The van der Waals surface area contributed by atoms with Gasteiger partial charge in [0.05, 0.1) is 5.56 Å². The van der Waals surface area contributed by atoms with Gasteiger partial charge in [0, 0.05) is 0 Å². The molecule has 1 aliphatic rings. The molecule has 2 atom stereocenters. The van der Waals surface area contributed by atoms with Crippen LogP contribution in [0.1, 0.15) is 19.4 Å². The average molecular weight is 304 g/mol. The Hall–Kier alpha value is -1.27. The molecule has 0 bridgehead atoms. The lowest BCUT2D eigenvalue weighted by Gasteiger charge is -2.32. The Labute approximate surface area is 122 Å². The standard InChI is InChI=1S/C15H20F3NO2/c1-11-9-19(10-12(2)21-11)6-7-20-14-5-3-4-13(8-14)15(16,17)18/h3-5,8,11-12H,6-7,9-10H2,1-2H3/p+1/t11-,12-/m0/s1. The SMILES string of the molecule is C[C@H]1C[NH+](CCOc2cccc(C(F)(F)F)c2)C[C@H](C)O1. The Morgan fingerprint density at radius 2 is 1.90 bits per heavy atom. The van der Waals surface area contributed by atoms with Crippen molar-refractivity contribution in [3.63, 3.8) is 0 Å². The Balaban J connectivity index is 1.83. The first-order valence-electron chi connectivity index (χ1n) is 7.13. The van der Waals surface area contributed by atoms with E-state index in [1.54, 1.807) is 6.07 Å². The van der Waals surface area contributed by atoms with Crippen molar-refractivity contribution in [3.05, 3.63) is 29.8 Å². The van der Waals surface area contributed by atoms with Gasteiger partial charge in [-0.2, -0.15) is 13.2 Å². The van der Waals surface area contributed by atoms with Crippen molar-refractivity contribution in [2.75, 3.05) is 26.2 Å². The molecule has 0 aliphatic carbocycles. The van der Waals surface area contributed by atoms with Gasteiger partial charge < -0.3 is 14.4 Å². The summed E-state index contributed by atoms with van der Waals surface area (Å²) in [6, 6.07) is 5.00. The Bertz CT molecular complexity index is 454. The molecule has 1 aromatic carbocycles. The Morgan fingerprint density at radius 1 is 1.24 bits per heavy atom. The summed E-state index contributed by atoms with van der Waals surface area (Å²) in [5.41, 5.74) is -0.680. The highest BCUT2D eigenvalue weighted by atomic mass is 19.4. The van der Waals surface area contributed by atoms with Gasteiger partial charge in [-0.15, -0.1) is 0 Å². The van der Waals surface area contributed by atoms with Crippen molar-refractivity contribution in [2.24, 2.45) is 0 Å². The van der Waals surface area contributed by atoms with Gasteiger partial charge in [-0.3, -0.25) is 0 Å². The van der Waals surface area contributed by atoms with Gasteiger partial charge >= 0.3 is 6.18 Å². The van der Waals surface area contributed by atoms with E-state index >= 15 is 0 Å². The number of nitrogens with one attached hydrogen (secondary N) is 1. The van der Waals surface area contributed by atoms with Crippen molar-refractivity contribution >= 4 is 0 Å². The fourth-order valence-electron chi connectivity index (χ4n) is 2.67. The van der Waals surface area contributed by atoms with Crippen LogP contribution in [0.4, 0.5) is 13.2 Å². The predicted octanol–water partition coefficient (Wildman–Crippen LogP) is 1.78. The molecule has 21 heavy (non-hydrogen) atoms. The molecule has 3 nitrogen and oxygen atoms in total. The summed E-state index contributed by atoms with van der Waals surface area (Å²) in [4.78, 5) is 1.35. The highest BCUT2D eigenvalue weighted by molar-refractivity contribution is 5.30. The van der Waals surface area contributed by atoms with E-state index in [4.69, 9.17) is 9.47 Å². The van der Waals surface area contributed by atoms with E-state index in [-0.39, 0.29) is 18.0 Å². The van der Waals surface area contributed by atoms with Gasteiger partial charge in [0.1, 0.15) is 44.2 Å². The van der Waals surface area contributed by atoms with Crippen LogP contribution in [0.5, 0.6) is 5.75 Å². The number of alkyl halides is 3. The second-order valence-electron chi connectivity index (χ2n) is 5.54. The Morgan fingerprint density at radius 3 is 2.52 bits per heavy atom. The third-order valence-electron chi connectivity index (χ3n) is 3.50. The summed E-state index contributed by atoms with van der Waals surface area (Å²) in [7, 11) is 0. The molecule has 6 heteroatoms. The van der Waals surface area contributed by atoms with Gasteiger partial charge in [0.15, 0.2) is 0 Å². The molecule has 2 rings (SSSR count). The third kappa shape index (κ3) is 4.89. The molecular weight excluding hydrogens is 283 g/mol. The van der Waals surface area contributed by atoms with Gasteiger partial charge in [-0.25, -0.2) is 0 Å². The number of halogens is 3. The quantitative estimate of drug-likeness (QED) is 0.916. The molecule has 0 spiro atoms. The van der Waals surface area contributed by atoms with E-state index in [0.717, 1.165) is 31.8 Å². The molecule has 1 N–H and O–H groups in total. The molecule has 1 fully saturated rings. The molecule has 1 aromatic rings. The lowest BCUT2D eigenvalue weighted by molar-refractivity contribution is -0.915. The lowest BCUT2D eigenvalue weighted by atomic mass is 10.2. The Kier molecular flexibility index (Phi) is 5.11. The van der Waals surface area contributed by atoms with Crippen LogP contribution in [0.25, 0.3) is 0 Å². The van der Waals surface area contributed by atoms with Crippen molar-refractivity contribution in [3.8, 4) is 5.75 Å². The second kappa shape index (κ2) is 6.66. The van der Waals surface area contributed by atoms with Crippen molar-refractivity contribution in [2.45, 2.75) is 32.2 Å². The first kappa shape index (κ1) is 16.1. The highest BCUT2D eigenvalue weighted by Gasteiger charge is 2.30. The first-order valence-corrected chi connectivity index (χ1v) is 7.13. The van der Waals surface area contributed by atoms with Crippen molar-refractivity contribution in [1.29, 1.82) is 0 Å². The first-order chi connectivity index (χ1) is 9.84. The van der Waals surface area contributed by atoms with Gasteiger partial charge in [0.25, 0.3) is 0 Å². The average Bonchev–Trinajstić information content (AvgIpc) is 2.37. The minimum Gasteiger partial charge on any atom is -0.488 e. The van der Waals surface area contributed by atoms with E-state index in [2.05, 4.69) is 0 Å². The second-order valence-corrected chi connectivity index (χ2v) is 5.54. The van der Waals surface area contributed by atoms with Crippen LogP contribution < -0.4 is 9.64 Å². The van der Waals surface area contributed by atoms with Crippen molar-refractivity contribution in [1.82, 2.24) is 0 Å². The zero-order valence-electron chi connectivity index (χ0n) is 12.2. The van der Waals surface area contributed by atoms with E-state index in [1.165, 1.54) is 11.0 Å². The van der Waals surface area contributed by atoms with Crippen LogP contribution in [0.2, 0.25) is 0 Å². The molecule has 1 heterocycles. The third-order valence-corrected chi connectivity index (χ3v) is 3.50. The number of hydrogen-bond acceptors (Lipinski definition) is 2. The van der Waals surface area contributed by atoms with Crippen LogP contribution in [0.15, 0.2) is 24.3 Å². The lowest BCUT2D eigenvalue weighted by Crippen LogP contribution is -3.16. The number of ether oxygens (including phenoxy) is 2. The smallest absolute Gasteiger partial charge is 0.416 e. The molecule has 0 saturated carbocycles. The largest absolute Gasteiger partial charge is 0.488 e. The number of benzene rings is 1. The summed E-state index contributed by atoms with van der Waals surface area (Å²) in [5.74, 6) is 0.263. The maximum Gasteiger partial charge on any atom is 0.416 e. The molecule has 0 amide bonds. The number of hydrogen-bond donors (Lipinski definition) is 1. The van der Waals surface area contributed by atoms with Crippen LogP contribution in [-0.2, 0) is 10.9 Å². The topological polar surface area (TPSA) is 22.9 Å². The van der Waals surface area contributed by atoms with Crippen LogP contribution in [0.3, 0.4) is 0 Å². The summed E-state index contributed by atoms with van der Waals surface area (Å²) in [5, 5.41) is 0. The zero-order chi connectivity index (χ0) is 15.5. The predicted molar refractivity (Wildman–Crippen MR) is 72.5 cm³/mol. The highest BCUT2D eigenvalue weighted by Crippen LogP contribution is 2.31. The molecule has 1 saturated heterocycles. The van der Waals surface area contributed by atoms with Crippen LogP contribution in [-0.4, -0.2) is 38.4 Å². The van der Waals surface area contributed by atoms with Crippen LogP contribution >= 0.6 is 0 Å². The monoisotopic (exact) mass is 304 g/mol. The fourth-order valence-corrected chi connectivity index (χ4v) is 2.67. The van der Waals surface area contributed by atoms with Crippen LogP contribution in [0, 0.1) is 0 Å². The fraction of sp³-hybridized carbons (Fsp3) is 0.600. The summed E-state index contributed by atoms with van der Waals surface area (Å²) in [6.45, 7) is 7.02. The van der Waals surface area contributed by atoms with E-state index < -0.39 is 11.7 Å². The number of quaternary nitrogens is 1. The molecule has 0 unspecified atom stereocenters. The summed E-state index contributed by atoms with van der Waals surface area (Å²) < 4.78 is 48.9. The van der Waals surface area contributed by atoms with Gasteiger partial charge in [-0.05, 0) is 32.0 Å². The normalized spacial score (nSPS) is 26.6. The molecule has 0 radical (unpaired) electrons. The molecule has 1 aliphatic heterocycles. The zero-order valence-corrected chi connectivity index (χ0v) is 12.2. The maximum atomic E-state index is 12.6. The maximum absolute atomic E-state index is 12.6. The number of rotatable bonds is 4. The van der Waals surface area contributed by atoms with E-state index in [1.807, 2.05) is 13.8 Å². The number of morpholine rings is 1. The summed E-state index contributed by atoms with van der Waals surface area (Å²) >= 11 is 0. The minimum absolute atomic E-state index is 0.206. The van der Waals surface area contributed by atoms with Gasteiger partial charge in [-0.1, -0.05) is 6.07 Å². The van der Waals surface area contributed by atoms with E-state index in [9.17, 15) is 13.2 Å². The molecular formula is C15H21F3NO2+. The van der Waals surface area contributed by atoms with E-state index in [0.29, 0.717) is 6.61 Å². The molecule has 0 aromatic heterocycles. The van der Waals surface area contributed by atoms with Gasteiger partial charge in [0.2, 0.25) is 0 Å². The van der Waals surface area contributed by atoms with Crippen molar-refractivity contribution < 1.29 is 27.5 Å². The summed E-state index contributed by atoms with van der Waals surface area (Å²) in [6.07, 6.45) is -3.92. The minimum atomic E-state index is -4.33. The molecule has 118 valence electrons.